The Morgan fingerprint density at radius 2 is 1.71 bits per heavy atom. The van der Waals surface area contributed by atoms with Crippen molar-refractivity contribution in [1.82, 2.24) is 9.29 Å². The molecule has 216 valence electrons. The summed E-state index contributed by atoms with van der Waals surface area (Å²) in [5, 5.41) is -0.612. The molecule has 41 heavy (non-hydrogen) atoms. The number of para-hydroxylation sites is 1. The van der Waals surface area contributed by atoms with E-state index >= 15 is 0 Å². The molecule has 0 saturated carbocycles. The summed E-state index contributed by atoms with van der Waals surface area (Å²) in [7, 11) is -10.1. The van der Waals surface area contributed by atoms with Crippen LogP contribution in [-0.4, -0.2) is 34.1 Å². The summed E-state index contributed by atoms with van der Waals surface area (Å²) in [4.78, 5) is 22.3. The number of benzene rings is 3. The van der Waals surface area contributed by atoms with Crippen LogP contribution in [0.25, 0.3) is 11.1 Å². The highest BCUT2D eigenvalue weighted by Crippen LogP contribution is 2.60. The van der Waals surface area contributed by atoms with Crippen LogP contribution in [0.5, 0.6) is 5.75 Å². The predicted octanol–water partition coefficient (Wildman–Crippen LogP) is 6.42. The number of ether oxygens (including phenoxy) is 1. The first-order chi connectivity index (χ1) is 19.4. The fourth-order valence-corrected chi connectivity index (χ4v) is 6.65. The van der Waals surface area contributed by atoms with Crippen LogP contribution in [0.1, 0.15) is 23.6 Å². The minimum atomic E-state index is -5.86. The minimum absolute atomic E-state index is 0.0866. The summed E-state index contributed by atoms with van der Waals surface area (Å²) in [6, 6.07) is 20.0. The average Bonchev–Trinajstić information content (AvgIpc) is 2.93. The normalized spacial score (nSPS) is 12.5. The lowest BCUT2D eigenvalue weighted by molar-refractivity contribution is 0.0565. The highest BCUT2D eigenvalue weighted by molar-refractivity contribution is 7.89. The molecule has 0 aliphatic heterocycles. The summed E-state index contributed by atoms with van der Waals surface area (Å²) in [5.74, 6) is 0.148. The van der Waals surface area contributed by atoms with Crippen molar-refractivity contribution < 1.29 is 36.3 Å². The van der Waals surface area contributed by atoms with Gasteiger partial charge >= 0.3 is 13.3 Å². The lowest BCUT2D eigenvalue weighted by atomic mass is 10.0. The maximum absolute atomic E-state index is 14.4. The van der Waals surface area contributed by atoms with Crippen LogP contribution in [-0.2, 0) is 33.3 Å². The smallest absolute Gasteiger partial charge is 0.399 e. The standard InChI is InChI=1S/C28H26ClF2N2O6PS/c1-2-39-26-11-5-6-12-27(26)41(37,38)33(19-22-8-3-4-10-23(22)21-9-7-15-32-17-21)18-20-13-14-24(25(29)16-20)28(30,31)40(34,35)36/h3-17H,2,18-19H2,1H3,(H2,34,35,36). The third-order valence-electron chi connectivity index (χ3n) is 6.19. The van der Waals surface area contributed by atoms with Crippen LogP contribution in [0.15, 0.2) is 96.2 Å². The van der Waals surface area contributed by atoms with Gasteiger partial charge in [-0.15, -0.1) is 0 Å². The lowest BCUT2D eigenvalue weighted by Crippen LogP contribution is -2.31. The maximum Gasteiger partial charge on any atom is 0.399 e. The second kappa shape index (κ2) is 12.4. The lowest BCUT2D eigenvalue weighted by Gasteiger charge is -2.25. The average molecular weight is 623 g/mol. The molecule has 0 spiro atoms. The summed E-state index contributed by atoms with van der Waals surface area (Å²) >= 11 is 6.05. The Kier molecular flexibility index (Phi) is 9.28. The number of aromatic nitrogens is 1. The first-order valence-corrected chi connectivity index (χ1v) is 15.7. The van der Waals surface area contributed by atoms with Gasteiger partial charge in [-0.3, -0.25) is 9.55 Å². The largest absolute Gasteiger partial charge is 0.492 e. The maximum atomic E-state index is 14.4. The number of hydrogen-bond donors (Lipinski definition) is 2. The number of nitrogens with zero attached hydrogens (tertiary/aromatic N) is 2. The van der Waals surface area contributed by atoms with Crippen molar-refractivity contribution in [2.45, 2.75) is 30.6 Å². The molecule has 13 heteroatoms. The van der Waals surface area contributed by atoms with E-state index in [4.69, 9.17) is 26.1 Å². The number of alkyl halides is 2. The van der Waals surface area contributed by atoms with Gasteiger partial charge < -0.3 is 14.5 Å². The molecule has 0 amide bonds. The van der Waals surface area contributed by atoms with E-state index in [1.165, 1.54) is 12.1 Å². The third-order valence-corrected chi connectivity index (χ3v) is 9.30. The van der Waals surface area contributed by atoms with Crippen molar-refractivity contribution >= 4 is 29.2 Å². The van der Waals surface area contributed by atoms with Gasteiger partial charge in [-0.2, -0.15) is 13.1 Å². The molecule has 0 fully saturated rings. The van der Waals surface area contributed by atoms with Gasteiger partial charge in [0.25, 0.3) is 0 Å². The van der Waals surface area contributed by atoms with Gasteiger partial charge in [-0.05, 0) is 47.9 Å². The Hall–Kier alpha value is -3.18. The molecule has 3 aromatic carbocycles. The zero-order valence-electron chi connectivity index (χ0n) is 21.7. The van der Waals surface area contributed by atoms with E-state index in [1.807, 2.05) is 18.2 Å². The van der Waals surface area contributed by atoms with Crippen LogP contribution < -0.4 is 4.74 Å². The van der Waals surface area contributed by atoms with E-state index in [0.717, 1.165) is 33.6 Å². The molecule has 4 aromatic rings. The van der Waals surface area contributed by atoms with Crippen LogP contribution in [0, 0.1) is 0 Å². The molecule has 0 atom stereocenters. The van der Waals surface area contributed by atoms with Crippen LogP contribution in [0.4, 0.5) is 8.78 Å². The Morgan fingerprint density at radius 1 is 1.00 bits per heavy atom. The first-order valence-electron chi connectivity index (χ1n) is 12.3. The van der Waals surface area contributed by atoms with Crippen molar-refractivity contribution in [3.8, 4) is 16.9 Å². The summed E-state index contributed by atoms with van der Waals surface area (Å²) < 4.78 is 75.1. The zero-order chi connectivity index (χ0) is 29.8. The number of halogens is 3. The first kappa shape index (κ1) is 30.8. The monoisotopic (exact) mass is 622 g/mol. The van der Waals surface area contributed by atoms with Gasteiger partial charge in [-0.25, -0.2) is 8.42 Å². The van der Waals surface area contributed by atoms with Crippen LogP contribution >= 0.6 is 19.2 Å². The van der Waals surface area contributed by atoms with Crippen molar-refractivity contribution in [3.05, 3.63) is 113 Å². The second-order valence-corrected chi connectivity index (χ2v) is 12.9. The Bertz CT molecular complexity index is 1690. The number of hydrogen-bond acceptors (Lipinski definition) is 5. The molecule has 8 nitrogen and oxygen atoms in total. The predicted molar refractivity (Wildman–Crippen MR) is 151 cm³/mol. The van der Waals surface area contributed by atoms with E-state index in [2.05, 4.69) is 4.98 Å². The molecule has 0 radical (unpaired) electrons. The van der Waals surface area contributed by atoms with Crippen molar-refractivity contribution in [2.24, 2.45) is 0 Å². The quantitative estimate of drug-likeness (QED) is 0.185. The molecule has 0 bridgehead atoms. The fraction of sp³-hybridized carbons (Fsp3) is 0.179. The van der Waals surface area contributed by atoms with Gasteiger partial charge in [0.05, 0.1) is 17.2 Å². The molecule has 1 heterocycles. The molecule has 1 aromatic heterocycles. The summed E-state index contributed by atoms with van der Waals surface area (Å²) in [5.41, 5.74) is -3.21. The van der Waals surface area contributed by atoms with E-state index in [9.17, 15) is 21.8 Å². The van der Waals surface area contributed by atoms with Gasteiger partial charge in [0, 0.05) is 31.0 Å². The van der Waals surface area contributed by atoms with Gasteiger partial charge in [-0.1, -0.05) is 66.2 Å². The minimum Gasteiger partial charge on any atom is -0.492 e. The molecule has 0 unspecified atom stereocenters. The fourth-order valence-electron chi connectivity index (χ4n) is 4.22. The topological polar surface area (TPSA) is 117 Å². The molecule has 0 aliphatic carbocycles. The van der Waals surface area contributed by atoms with Crippen molar-refractivity contribution in [3.63, 3.8) is 0 Å². The molecular weight excluding hydrogens is 597 g/mol. The molecule has 0 saturated heterocycles. The molecular formula is C28H26ClF2N2O6PS. The van der Waals surface area contributed by atoms with E-state index in [1.54, 1.807) is 49.6 Å². The summed E-state index contributed by atoms with van der Waals surface area (Å²) in [6.45, 7) is 1.53. The second-order valence-electron chi connectivity index (χ2n) is 8.95. The number of rotatable bonds is 11. The zero-order valence-corrected chi connectivity index (χ0v) is 24.2. The van der Waals surface area contributed by atoms with E-state index in [-0.39, 0.29) is 35.9 Å². The van der Waals surface area contributed by atoms with E-state index in [0.29, 0.717) is 5.56 Å². The number of sulfonamides is 1. The van der Waals surface area contributed by atoms with Gasteiger partial charge in [0.1, 0.15) is 10.6 Å². The van der Waals surface area contributed by atoms with Crippen LogP contribution in [0.3, 0.4) is 0 Å². The molecule has 0 aliphatic rings. The SMILES string of the molecule is CCOc1ccccc1S(=O)(=O)N(Cc1ccc(C(F)(F)P(=O)(O)O)c(Cl)c1)Cc1ccccc1-c1cccnc1. The highest BCUT2D eigenvalue weighted by Gasteiger charge is 2.51. The summed E-state index contributed by atoms with van der Waals surface area (Å²) in [6.07, 6.45) is 3.28. The van der Waals surface area contributed by atoms with Crippen molar-refractivity contribution in [1.29, 1.82) is 0 Å². The van der Waals surface area contributed by atoms with Crippen LogP contribution in [0.2, 0.25) is 5.02 Å². The Balaban J connectivity index is 1.80. The molecule has 2 N–H and O–H groups in total. The van der Waals surface area contributed by atoms with Crippen molar-refractivity contribution in [2.75, 3.05) is 6.61 Å². The van der Waals surface area contributed by atoms with E-state index < -0.39 is 33.9 Å². The third kappa shape index (κ3) is 6.67. The van der Waals surface area contributed by atoms with Gasteiger partial charge in [0.15, 0.2) is 0 Å². The molecule has 4 rings (SSSR count). The van der Waals surface area contributed by atoms with Gasteiger partial charge in [0.2, 0.25) is 10.0 Å². The Labute approximate surface area is 241 Å². The highest BCUT2D eigenvalue weighted by atomic mass is 35.5. The number of pyridine rings is 1. The Morgan fingerprint density at radius 3 is 2.37 bits per heavy atom.